The normalized spacial score (nSPS) is 19.9. The lowest BCUT2D eigenvalue weighted by Crippen LogP contribution is -2.26. The second-order valence-corrected chi connectivity index (χ2v) is 25.6. The Morgan fingerprint density at radius 1 is 0.750 bits per heavy atom. The van der Waals surface area contributed by atoms with E-state index in [1.165, 1.54) is 27.7 Å². The molecule has 2 aromatic carbocycles. The predicted molar refractivity (Wildman–Crippen MR) is 240 cm³/mol. The number of carbonyl (C=O) groups excluding carboxylic acids is 2. The van der Waals surface area contributed by atoms with Gasteiger partial charge in [0.05, 0.1) is 33.8 Å². The van der Waals surface area contributed by atoms with Crippen LogP contribution in [0, 0.1) is 17.6 Å². The minimum atomic E-state index is -4.21. The molecule has 4 atom stereocenters. The molecule has 370 valence electrons. The van der Waals surface area contributed by atoms with Crippen molar-refractivity contribution in [2.45, 2.75) is 144 Å². The number of aliphatic hydroxyl groups is 2. The van der Waals surface area contributed by atoms with Crippen LogP contribution >= 0.6 is 22.7 Å². The van der Waals surface area contributed by atoms with Crippen molar-refractivity contribution in [3.63, 3.8) is 0 Å². The summed E-state index contributed by atoms with van der Waals surface area (Å²) in [6.45, 7) is 10.7. The summed E-state index contributed by atoms with van der Waals surface area (Å²) in [4.78, 5) is 27.9. The largest absolute Gasteiger partial charge is 0.586 e. The van der Waals surface area contributed by atoms with Gasteiger partial charge in [-0.15, -0.1) is 44.6 Å². The SMILES string of the molecule is CC(C)c1c(CC(=O)N=S(C)(=O)c2sc(C(C)(C)O)cc2F)c2c(c3c1OC(F)(F)O3)CC(CC(C)c1c(CC(=O)N=S(N)(=O)c3sc(C(C)(C)O)cc3F)c3c(c4c1OC(F)(F)O4)CCC3)C2. The van der Waals surface area contributed by atoms with Gasteiger partial charge in [0, 0.05) is 38.3 Å². The molecule has 0 radical (unpaired) electrons. The van der Waals surface area contributed by atoms with E-state index in [-0.39, 0.29) is 78.5 Å². The Morgan fingerprint density at radius 3 is 1.75 bits per heavy atom. The molecule has 23 heteroatoms. The standard InChI is InChI=1S/C45H49F6N3O10S4/c1-19(2)34-26(16-32(55)53-67(8,59)40-28(46)17-30(65-40)42(4,5)57)24-13-21(14-27(24)37-38(34)63-45(50,51)62-37)12-20(3)35-25(22-10-9-11-23(22)36-39(35)64-44(48,49)61-36)15-33(56)54-68(52,60)41-29(47)18-31(66-41)43(6,7)58/h17-21,57-58H,9-16H2,1-8H3,(H2,52,54,56,60). The monoisotopic (exact) mass is 1030 g/mol. The van der Waals surface area contributed by atoms with E-state index in [1.54, 1.807) is 20.8 Å². The first-order valence-electron chi connectivity index (χ1n) is 21.6. The highest BCUT2D eigenvalue weighted by atomic mass is 32.2. The molecule has 0 bridgehead atoms. The Kier molecular flexibility index (Phi) is 12.5. The van der Waals surface area contributed by atoms with Gasteiger partial charge >= 0.3 is 12.6 Å². The number of fused-ring (bicyclic) bond motifs is 6. The van der Waals surface area contributed by atoms with E-state index in [0.29, 0.717) is 64.2 Å². The Morgan fingerprint density at radius 2 is 1.21 bits per heavy atom. The van der Waals surface area contributed by atoms with Crippen LogP contribution in [0.4, 0.5) is 26.3 Å². The molecule has 4 aromatic rings. The maximum absolute atomic E-state index is 15.1. The summed E-state index contributed by atoms with van der Waals surface area (Å²) in [5, 5.41) is 26.8. The van der Waals surface area contributed by atoms with Gasteiger partial charge in [-0.1, -0.05) is 20.8 Å². The number of rotatable bonds is 12. The Hall–Kier alpha value is -4.26. The van der Waals surface area contributed by atoms with Gasteiger partial charge in [0.25, 0.3) is 11.8 Å². The van der Waals surface area contributed by atoms with Gasteiger partial charge in [-0.2, -0.15) is 4.36 Å². The molecule has 2 amide bonds. The molecule has 0 saturated heterocycles. The highest BCUT2D eigenvalue weighted by Crippen LogP contribution is 2.57. The molecule has 4 unspecified atom stereocenters. The van der Waals surface area contributed by atoms with Crippen LogP contribution in [0.3, 0.4) is 0 Å². The lowest BCUT2D eigenvalue weighted by atomic mass is 9.82. The first kappa shape index (κ1) is 50.1. The van der Waals surface area contributed by atoms with Crippen LogP contribution in [0.2, 0.25) is 0 Å². The molecule has 4 N–H and O–H groups in total. The Balaban J connectivity index is 1.16. The van der Waals surface area contributed by atoms with E-state index in [9.17, 15) is 28.2 Å². The molecule has 2 aromatic heterocycles. The summed E-state index contributed by atoms with van der Waals surface area (Å²) in [5.74, 6) is -6.74. The number of alkyl halides is 4. The van der Waals surface area contributed by atoms with Crippen molar-refractivity contribution in [1.82, 2.24) is 0 Å². The second kappa shape index (κ2) is 17.0. The van der Waals surface area contributed by atoms with E-state index in [1.807, 2.05) is 0 Å². The van der Waals surface area contributed by atoms with Crippen LogP contribution in [-0.2, 0) is 79.0 Å². The molecular formula is C45H49F6N3O10S4. The molecule has 0 saturated carbocycles. The van der Waals surface area contributed by atoms with E-state index in [2.05, 4.69) is 8.73 Å². The van der Waals surface area contributed by atoms with Crippen LogP contribution in [-0.4, -0.2) is 49.3 Å². The first-order valence-corrected chi connectivity index (χ1v) is 26.7. The number of nitrogens with zero attached hydrogens (tertiary/aromatic N) is 2. The molecule has 4 heterocycles. The quantitative estimate of drug-likeness (QED) is 0.115. The second-order valence-electron chi connectivity index (χ2n) is 19.1. The Bertz CT molecular complexity index is 3060. The van der Waals surface area contributed by atoms with Crippen molar-refractivity contribution >= 4 is 54.1 Å². The van der Waals surface area contributed by atoms with Crippen LogP contribution in [0.1, 0.15) is 127 Å². The molecule has 2 aliphatic heterocycles. The van der Waals surface area contributed by atoms with Gasteiger partial charge in [0.1, 0.15) is 4.21 Å². The molecule has 8 rings (SSSR count). The summed E-state index contributed by atoms with van der Waals surface area (Å²) >= 11 is 1.29. The summed E-state index contributed by atoms with van der Waals surface area (Å²) in [7, 11) is -7.93. The highest BCUT2D eigenvalue weighted by molar-refractivity contribution is 7.95. The lowest BCUT2D eigenvalue weighted by Gasteiger charge is -2.24. The van der Waals surface area contributed by atoms with Crippen LogP contribution in [0.25, 0.3) is 0 Å². The minimum Gasteiger partial charge on any atom is -0.395 e. The zero-order valence-electron chi connectivity index (χ0n) is 38.1. The minimum absolute atomic E-state index is 0.0707. The maximum Gasteiger partial charge on any atom is 0.586 e. The van der Waals surface area contributed by atoms with Gasteiger partial charge in [0.2, 0.25) is 0 Å². The number of nitrogens with two attached hydrogens (primary N) is 1. The van der Waals surface area contributed by atoms with Gasteiger partial charge in [-0.3, -0.25) is 9.59 Å². The average Bonchev–Trinajstić information content (AvgIpc) is 4.02. The van der Waals surface area contributed by atoms with E-state index >= 15 is 26.3 Å². The van der Waals surface area contributed by atoms with Gasteiger partial charge < -0.3 is 29.2 Å². The number of hydrogen-bond donors (Lipinski definition) is 3. The predicted octanol–water partition coefficient (Wildman–Crippen LogP) is 9.40. The van der Waals surface area contributed by atoms with Crippen molar-refractivity contribution in [3.05, 3.63) is 78.0 Å². The fraction of sp³-hybridized carbons (Fsp3) is 0.511. The molecule has 13 nitrogen and oxygen atoms in total. The number of halogens is 6. The number of carbonyl (C=O) groups is 2. The third-order valence-corrected chi connectivity index (χ3v) is 19.5. The number of amides is 2. The van der Waals surface area contributed by atoms with Crippen LogP contribution in [0.5, 0.6) is 23.0 Å². The fourth-order valence-corrected chi connectivity index (χ4v) is 14.8. The van der Waals surface area contributed by atoms with Gasteiger partial charge in [-0.05, 0) is 118 Å². The third kappa shape index (κ3) is 9.39. The van der Waals surface area contributed by atoms with Gasteiger partial charge in [0.15, 0.2) is 48.8 Å². The molecule has 0 fully saturated rings. The molecule has 4 aliphatic rings. The van der Waals surface area contributed by atoms with Crippen molar-refractivity contribution in [3.8, 4) is 23.0 Å². The van der Waals surface area contributed by atoms with Crippen molar-refractivity contribution in [2.75, 3.05) is 6.26 Å². The van der Waals surface area contributed by atoms with Crippen molar-refractivity contribution < 1.29 is 73.5 Å². The zero-order chi connectivity index (χ0) is 50.0. The molecule has 0 spiro atoms. The van der Waals surface area contributed by atoms with Crippen LogP contribution < -0.4 is 24.1 Å². The van der Waals surface area contributed by atoms with Crippen molar-refractivity contribution in [2.24, 2.45) is 19.8 Å². The Labute approximate surface area is 396 Å². The van der Waals surface area contributed by atoms with Crippen LogP contribution in [0.15, 0.2) is 29.3 Å². The number of hydrogen-bond acceptors (Lipinski definition) is 12. The van der Waals surface area contributed by atoms with Crippen molar-refractivity contribution in [1.29, 1.82) is 0 Å². The molecule has 68 heavy (non-hydrogen) atoms. The van der Waals surface area contributed by atoms with E-state index in [4.69, 9.17) is 24.1 Å². The maximum atomic E-state index is 15.1. The summed E-state index contributed by atoms with van der Waals surface area (Å²) in [6, 6.07) is 1.97. The third-order valence-electron chi connectivity index (χ3n) is 12.3. The number of thiophene rings is 2. The first-order chi connectivity index (χ1) is 31.3. The molecule has 2 aliphatic carbocycles. The fourth-order valence-electron chi connectivity index (χ4n) is 9.69. The summed E-state index contributed by atoms with van der Waals surface area (Å²) < 4.78 is 145. The number of benzene rings is 2. The molecular weight excluding hydrogens is 985 g/mol. The summed E-state index contributed by atoms with van der Waals surface area (Å²) in [5.41, 5.74) is -0.462. The average molecular weight is 1030 g/mol. The number of ether oxygens (including phenoxy) is 4. The van der Waals surface area contributed by atoms with E-state index in [0.717, 1.165) is 18.4 Å². The van der Waals surface area contributed by atoms with Gasteiger partial charge in [-0.25, -0.2) is 22.3 Å². The van der Waals surface area contributed by atoms with E-state index < -0.39 is 102 Å². The topological polar surface area (TPSA) is 196 Å². The zero-order valence-corrected chi connectivity index (χ0v) is 41.3. The lowest BCUT2D eigenvalue weighted by molar-refractivity contribution is -0.288. The smallest absolute Gasteiger partial charge is 0.395 e. The summed E-state index contributed by atoms with van der Waals surface area (Å²) in [6.07, 6.45) is -6.74. The highest BCUT2D eigenvalue weighted by Gasteiger charge is 2.51.